The summed E-state index contributed by atoms with van der Waals surface area (Å²) >= 11 is 1.71. The van der Waals surface area contributed by atoms with Crippen LogP contribution in [-0.4, -0.2) is 42.7 Å². The Bertz CT molecular complexity index is 748. The molecule has 27 heavy (non-hydrogen) atoms. The van der Waals surface area contributed by atoms with Gasteiger partial charge in [0, 0.05) is 42.0 Å². The predicted molar refractivity (Wildman–Crippen MR) is 110 cm³/mol. The first kappa shape index (κ1) is 19.5. The van der Waals surface area contributed by atoms with Crippen LogP contribution in [0.4, 0.5) is 5.69 Å². The lowest BCUT2D eigenvalue weighted by atomic mass is 10.2. The van der Waals surface area contributed by atoms with Gasteiger partial charge in [0.15, 0.2) is 11.5 Å². The molecule has 5 nitrogen and oxygen atoms in total. The molecule has 0 spiro atoms. The Morgan fingerprint density at radius 2 is 1.93 bits per heavy atom. The average Bonchev–Trinajstić information content (AvgIpc) is 3.22. The Hall–Kier alpha value is -2.21. The maximum Gasteiger partial charge on any atom is 0.258 e. The standard InChI is InChI=1S/C21H26N2O3S/c1-25-19-8-7-17(15-20(19)26-18-5-3-4-6-18)23(13-14-27-2)21(24)16-9-11-22-12-10-16/h7-12,15,18H,3-6,13-14H2,1-2H3. The Morgan fingerprint density at radius 1 is 1.19 bits per heavy atom. The topological polar surface area (TPSA) is 51.7 Å². The van der Waals surface area contributed by atoms with Crippen LogP contribution in [0.1, 0.15) is 36.0 Å². The summed E-state index contributed by atoms with van der Waals surface area (Å²) in [6.45, 7) is 0.623. The number of benzene rings is 1. The molecule has 0 atom stereocenters. The van der Waals surface area contributed by atoms with Crippen molar-refractivity contribution < 1.29 is 14.3 Å². The van der Waals surface area contributed by atoms with Gasteiger partial charge < -0.3 is 14.4 Å². The van der Waals surface area contributed by atoms with Gasteiger partial charge in [-0.2, -0.15) is 11.8 Å². The Kier molecular flexibility index (Phi) is 6.98. The molecule has 1 aromatic heterocycles. The number of hydrogen-bond acceptors (Lipinski definition) is 5. The maximum absolute atomic E-state index is 13.1. The van der Waals surface area contributed by atoms with Crippen LogP contribution in [0.15, 0.2) is 42.7 Å². The molecule has 0 radical (unpaired) electrons. The zero-order valence-corrected chi connectivity index (χ0v) is 16.7. The van der Waals surface area contributed by atoms with Crippen LogP contribution in [-0.2, 0) is 0 Å². The van der Waals surface area contributed by atoms with Crippen molar-refractivity contribution in [2.24, 2.45) is 0 Å². The van der Waals surface area contributed by atoms with Gasteiger partial charge in [-0.3, -0.25) is 9.78 Å². The van der Waals surface area contributed by atoms with Crippen molar-refractivity contribution in [1.82, 2.24) is 4.98 Å². The number of rotatable bonds is 8. The highest BCUT2D eigenvalue weighted by atomic mass is 32.2. The van der Waals surface area contributed by atoms with Gasteiger partial charge in [-0.05, 0) is 56.2 Å². The molecule has 144 valence electrons. The second-order valence-corrected chi connectivity index (χ2v) is 7.53. The van der Waals surface area contributed by atoms with Crippen LogP contribution in [0.25, 0.3) is 0 Å². The zero-order chi connectivity index (χ0) is 19.1. The quantitative estimate of drug-likeness (QED) is 0.672. The minimum absolute atomic E-state index is 0.0385. The minimum Gasteiger partial charge on any atom is -0.493 e. The second-order valence-electron chi connectivity index (χ2n) is 6.54. The van der Waals surface area contributed by atoms with Crippen molar-refractivity contribution in [3.8, 4) is 11.5 Å². The fourth-order valence-corrected chi connectivity index (χ4v) is 3.66. The number of thioether (sulfide) groups is 1. The smallest absolute Gasteiger partial charge is 0.258 e. The van der Waals surface area contributed by atoms with Crippen LogP contribution in [0.2, 0.25) is 0 Å². The van der Waals surface area contributed by atoms with E-state index in [1.54, 1.807) is 48.3 Å². The van der Waals surface area contributed by atoms with Gasteiger partial charge in [-0.15, -0.1) is 0 Å². The number of carbonyl (C=O) groups excluding carboxylic acids is 1. The first-order valence-corrected chi connectivity index (χ1v) is 10.7. The van der Waals surface area contributed by atoms with E-state index in [2.05, 4.69) is 4.98 Å². The Labute approximate surface area is 165 Å². The third-order valence-electron chi connectivity index (χ3n) is 4.75. The van der Waals surface area contributed by atoms with Gasteiger partial charge >= 0.3 is 0 Å². The van der Waals surface area contributed by atoms with Crippen molar-refractivity contribution in [2.45, 2.75) is 31.8 Å². The first-order chi connectivity index (χ1) is 13.2. The molecule has 0 N–H and O–H groups in total. The summed E-state index contributed by atoms with van der Waals surface area (Å²) < 4.78 is 11.7. The van der Waals surface area contributed by atoms with E-state index in [0.717, 1.165) is 24.3 Å². The normalized spacial score (nSPS) is 14.1. The van der Waals surface area contributed by atoms with Crippen LogP contribution in [0, 0.1) is 0 Å². The summed E-state index contributed by atoms with van der Waals surface area (Å²) in [4.78, 5) is 18.9. The van der Waals surface area contributed by atoms with E-state index in [1.165, 1.54) is 12.8 Å². The number of nitrogens with zero attached hydrogens (tertiary/aromatic N) is 2. The fourth-order valence-electron chi connectivity index (χ4n) is 3.29. The number of carbonyl (C=O) groups is 1. The highest BCUT2D eigenvalue weighted by Crippen LogP contribution is 2.35. The number of methoxy groups -OCH3 is 1. The van der Waals surface area contributed by atoms with Crippen molar-refractivity contribution in [3.05, 3.63) is 48.3 Å². The molecule has 0 saturated heterocycles. The van der Waals surface area contributed by atoms with E-state index >= 15 is 0 Å². The molecule has 3 rings (SSSR count). The molecule has 0 bridgehead atoms. The fraction of sp³-hybridized carbons (Fsp3) is 0.429. The summed E-state index contributed by atoms with van der Waals surface area (Å²) in [6.07, 6.45) is 10.1. The lowest BCUT2D eigenvalue weighted by Crippen LogP contribution is -2.33. The summed E-state index contributed by atoms with van der Waals surface area (Å²) in [5.74, 6) is 2.22. The maximum atomic E-state index is 13.1. The average molecular weight is 387 g/mol. The van der Waals surface area contributed by atoms with Gasteiger partial charge in [0.2, 0.25) is 0 Å². The lowest BCUT2D eigenvalue weighted by Gasteiger charge is -2.24. The van der Waals surface area contributed by atoms with Crippen molar-refractivity contribution in [2.75, 3.05) is 30.6 Å². The summed E-state index contributed by atoms with van der Waals surface area (Å²) in [6, 6.07) is 9.21. The molecule has 1 heterocycles. The largest absolute Gasteiger partial charge is 0.493 e. The molecule has 2 aromatic rings. The minimum atomic E-state index is -0.0385. The molecule has 1 saturated carbocycles. The SMILES string of the molecule is COc1ccc(N(CCSC)C(=O)c2ccncc2)cc1OC1CCCC1. The van der Waals surface area contributed by atoms with Gasteiger partial charge in [0.05, 0.1) is 13.2 Å². The van der Waals surface area contributed by atoms with Crippen LogP contribution in [0.5, 0.6) is 11.5 Å². The van der Waals surface area contributed by atoms with Crippen LogP contribution < -0.4 is 14.4 Å². The van der Waals surface area contributed by atoms with Gasteiger partial charge in [0.25, 0.3) is 5.91 Å². The number of amides is 1. The molecule has 0 unspecified atom stereocenters. The van der Waals surface area contributed by atoms with Crippen molar-refractivity contribution >= 4 is 23.4 Å². The number of aromatic nitrogens is 1. The molecular formula is C21H26N2O3S. The second kappa shape index (κ2) is 9.65. The summed E-state index contributed by atoms with van der Waals surface area (Å²) in [5.41, 5.74) is 1.44. The number of pyridine rings is 1. The van der Waals surface area contributed by atoms with E-state index in [1.807, 2.05) is 24.5 Å². The van der Waals surface area contributed by atoms with E-state index < -0.39 is 0 Å². The summed E-state index contributed by atoms with van der Waals surface area (Å²) in [5, 5.41) is 0. The third kappa shape index (κ3) is 4.95. The number of anilines is 1. The Balaban J connectivity index is 1.89. The van der Waals surface area contributed by atoms with Gasteiger partial charge in [0.1, 0.15) is 0 Å². The molecule has 1 fully saturated rings. The molecular weight excluding hydrogens is 360 g/mol. The van der Waals surface area contributed by atoms with E-state index in [9.17, 15) is 4.79 Å². The molecule has 1 aromatic carbocycles. The highest BCUT2D eigenvalue weighted by molar-refractivity contribution is 7.98. The molecule has 6 heteroatoms. The van der Waals surface area contributed by atoms with Gasteiger partial charge in [-0.25, -0.2) is 0 Å². The lowest BCUT2D eigenvalue weighted by molar-refractivity contribution is 0.0988. The monoisotopic (exact) mass is 386 g/mol. The van der Waals surface area contributed by atoms with E-state index in [-0.39, 0.29) is 12.0 Å². The van der Waals surface area contributed by atoms with Crippen LogP contribution >= 0.6 is 11.8 Å². The highest BCUT2D eigenvalue weighted by Gasteiger charge is 2.22. The molecule has 1 aliphatic rings. The number of hydrogen-bond donors (Lipinski definition) is 0. The summed E-state index contributed by atoms with van der Waals surface area (Å²) in [7, 11) is 1.64. The number of ether oxygens (including phenoxy) is 2. The molecule has 1 amide bonds. The molecule has 1 aliphatic carbocycles. The van der Waals surface area contributed by atoms with E-state index in [4.69, 9.17) is 9.47 Å². The molecule has 0 aliphatic heterocycles. The zero-order valence-electron chi connectivity index (χ0n) is 15.9. The predicted octanol–water partition coefficient (Wildman–Crippen LogP) is 4.42. The van der Waals surface area contributed by atoms with Crippen LogP contribution in [0.3, 0.4) is 0 Å². The van der Waals surface area contributed by atoms with Gasteiger partial charge in [-0.1, -0.05) is 0 Å². The van der Waals surface area contributed by atoms with Crippen molar-refractivity contribution in [3.63, 3.8) is 0 Å². The first-order valence-electron chi connectivity index (χ1n) is 9.28. The van der Waals surface area contributed by atoms with E-state index in [0.29, 0.717) is 23.6 Å². The van der Waals surface area contributed by atoms with Crippen molar-refractivity contribution in [1.29, 1.82) is 0 Å². The third-order valence-corrected chi connectivity index (χ3v) is 5.34. The Morgan fingerprint density at radius 3 is 2.59 bits per heavy atom.